The number of halogens is 1. The van der Waals surface area contributed by atoms with Gasteiger partial charge in [0.15, 0.2) is 0 Å². The third-order valence-corrected chi connectivity index (χ3v) is 6.18. The van der Waals surface area contributed by atoms with Crippen LogP contribution in [-0.4, -0.2) is 21.6 Å². The van der Waals surface area contributed by atoms with E-state index >= 15 is 0 Å². The first-order chi connectivity index (χ1) is 19.0. The van der Waals surface area contributed by atoms with Gasteiger partial charge in [0.25, 0.3) is 5.91 Å². The molecule has 0 aliphatic heterocycles. The predicted octanol–water partition coefficient (Wildman–Crippen LogP) is 8.26. The van der Waals surface area contributed by atoms with Gasteiger partial charge in [-0.3, -0.25) is 9.59 Å². The molecule has 39 heavy (non-hydrogen) atoms. The largest absolute Gasteiger partial charge is 0.326 e. The molecule has 4 aromatic carbocycles. The van der Waals surface area contributed by atoms with Gasteiger partial charge in [-0.2, -0.15) is 14.9 Å². The number of nitrogens with zero attached hydrogens (tertiary/aromatic N) is 4. The van der Waals surface area contributed by atoms with Gasteiger partial charge in [0.1, 0.15) is 23.5 Å². The number of nitrogens with one attached hydrogen (secondary N) is 1. The number of anilines is 1. The van der Waals surface area contributed by atoms with Gasteiger partial charge < -0.3 is 5.32 Å². The van der Waals surface area contributed by atoms with Crippen molar-refractivity contribution in [3.63, 3.8) is 0 Å². The molecule has 5 aromatic rings. The molecule has 7 nitrogen and oxygen atoms in total. The molecular weight excluding hydrogens is 510 g/mol. The third-order valence-electron chi connectivity index (χ3n) is 5.93. The van der Waals surface area contributed by atoms with Gasteiger partial charge in [-0.25, -0.2) is 0 Å². The van der Waals surface area contributed by atoms with E-state index in [2.05, 4.69) is 20.6 Å². The molecule has 0 saturated carbocycles. The molecule has 0 unspecified atom stereocenters. The van der Waals surface area contributed by atoms with Crippen molar-refractivity contribution in [2.75, 3.05) is 5.32 Å². The van der Waals surface area contributed by atoms with Crippen LogP contribution in [0.5, 0.6) is 0 Å². The summed E-state index contributed by atoms with van der Waals surface area (Å²) >= 11 is 5.93. The summed E-state index contributed by atoms with van der Waals surface area (Å²) in [6, 6.07) is 33.2. The second-order valence-corrected chi connectivity index (χ2v) is 9.29. The fourth-order valence-corrected chi connectivity index (χ4v) is 4.13. The average Bonchev–Trinajstić information content (AvgIpc) is 3.34. The highest BCUT2D eigenvalue weighted by Gasteiger charge is 2.25. The molecule has 1 aromatic heterocycles. The van der Waals surface area contributed by atoms with Crippen LogP contribution >= 0.6 is 11.6 Å². The molecule has 1 heterocycles. The van der Waals surface area contributed by atoms with Crippen molar-refractivity contribution in [3.8, 4) is 22.5 Å². The summed E-state index contributed by atoms with van der Waals surface area (Å²) < 4.78 is 1.25. The highest BCUT2D eigenvalue weighted by Crippen LogP contribution is 2.40. The van der Waals surface area contributed by atoms with E-state index in [1.165, 1.54) is 4.68 Å². The van der Waals surface area contributed by atoms with Gasteiger partial charge in [-0.1, -0.05) is 90.0 Å². The van der Waals surface area contributed by atoms with Gasteiger partial charge in [0.05, 0.1) is 5.69 Å². The van der Waals surface area contributed by atoms with Gasteiger partial charge in [0, 0.05) is 21.8 Å². The number of azo groups is 1. The van der Waals surface area contributed by atoms with E-state index in [9.17, 15) is 9.59 Å². The molecule has 1 amide bonds. The first kappa shape index (κ1) is 25.8. The Labute approximate surface area is 230 Å². The predicted molar refractivity (Wildman–Crippen MR) is 154 cm³/mol. The Morgan fingerprint density at radius 2 is 1.41 bits per heavy atom. The molecule has 8 heteroatoms. The van der Waals surface area contributed by atoms with Crippen molar-refractivity contribution < 1.29 is 9.59 Å². The second kappa shape index (κ2) is 11.7. The lowest BCUT2D eigenvalue weighted by molar-refractivity contribution is -0.115. The van der Waals surface area contributed by atoms with Gasteiger partial charge in [0.2, 0.25) is 5.91 Å². The number of hydrogen-bond acceptors (Lipinski definition) is 5. The van der Waals surface area contributed by atoms with Crippen LogP contribution in [0.3, 0.4) is 0 Å². The van der Waals surface area contributed by atoms with Crippen LogP contribution in [0, 0.1) is 6.92 Å². The number of hydrogen-bond donors (Lipinski definition) is 1. The third kappa shape index (κ3) is 6.17. The fourth-order valence-electron chi connectivity index (χ4n) is 4.00. The molecule has 192 valence electrons. The SMILES string of the molecule is Cc1ccc(N=Nc2c(-c3ccccc3)nn(C(=O)CC(=O)Nc3ccc(Cl)cc3)c2-c2ccccc2)cc1. The molecule has 5 rings (SSSR count). The summed E-state index contributed by atoms with van der Waals surface area (Å²) in [5.74, 6) is -0.977. The molecule has 0 radical (unpaired) electrons. The Bertz CT molecular complexity index is 1630. The quantitative estimate of drug-likeness (QED) is 0.169. The summed E-state index contributed by atoms with van der Waals surface area (Å²) in [6.45, 7) is 2.00. The number of carbonyl (C=O) groups is 2. The summed E-state index contributed by atoms with van der Waals surface area (Å²) in [5, 5.41) is 17.0. The topological polar surface area (TPSA) is 88.7 Å². The molecule has 0 fully saturated rings. The maximum Gasteiger partial charge on any atom is 0.256 e. The monoisotopic (exact) mass is 533 g/mol. The molecule has 0 saturated heterocycles. The molecule has 0 aliphatic carbocycles. The highest BCUT2D eigenvalue weighted by molar-refractivity contribution is 6.30. The van der Waals surface area contributed by atoms with Crippen LogP contribution < -0.4 is 5.32 Å². The van der Waals surface area contributed by atoms with E-state index in [1.807, 2.05) is 91.9 Å². The zero-order valence-electron chi connectivity index (χ0n) is 21.1. The highest BCUT2D eigenvalue weighted by atomic mass is 35.5. The number of aromatic nitrogens is 2. The van der Waals surface area contributed by atoms with Crippen molar-refractivity contribution in [3.05, 3.63) is 120 Å². The maximum atomic E-state index is 13.5. The smallest absolute Gasteiger partial charge is 0.256 e. The Hall–Kier alpha value is -4.88. The molecule has 0 bridgehead atoms. The molecule has 1 N–H and O–H groups in total. The van der Waals surface area contributed by atoms with E-state index in [-0.39, 0.29) is 0 Å². The van der Waals surface area contributed by atoms with Crippen molar-refractivity contribution >= 4 is 40.5 Å². The molecular formula is C31H24ClN5O2. The van der Waals surface area contributed by atoms with Crippen LogP contribution in [0.15, 0.2) is 119 Å². The first-order valence-corrected chi connectivity index (χ1v) is 12.7. The summed E-state index contributed by atoms with van der Waals surface area (Å²) in [6.07, 6.45) is -0.424. The maximum absolute atomic E-state index is 13.5. The van der Waals surface area contributed by atoms with Crippen molar-refractivity contribution in [2.45, 2.75) is 13.3 Å². The Morgan fingerprint density at radius 1 is 0.795 bits per heavy atom. The number of amides is 1. The number of aryl methyl sites for hydroxylation is 1. The lowest BCUT2D eigenvalue weighted by Gasteiger charge is -2.08. The zero-order valence-corrected chi connectivity index (χ0v) is 21.8. The van der Waals surface area contributed by atoms with Crippen molar-refractivity contribution in [1.82, 2.24) is 9.78 Å². The first-order valence-electron chi connectivity index (χ1n) is 12.3. The number of benzene rings is 4. The van der Waals surface area contributed by atoms with E-state index in [1.54, 1.807) is 24.3 Å². The average molecular weight is 534 g/mol. The molecule has 0 spiro atoms. The number of carbonyl (C=O) groups excluding carboxylic acids is 2. The standard InChI is InChI=1S/C31H24ClN5O2/c1-21-12-16-26(17-13-21)34-35-30-29(22-8-4-2-5-9-22)36-37(31(30)23-10-6-3-7-11-23)28(39)20-27(38)33-25-18-14-24(32)15-19-25/h2-19H,20H2,1H3,(H,33,38). The molecule has 0 atom stereocenters. The summed E-state index contributed by atoms with van der Waals surface area (Å²) in [4.78, 5) is 26.3. The minimum atomic E-state index is -0.505. The van der Waals surface area contributed by atoms with Gasteiger partial charge in [-0.15, -0.1) is 5.11 Å². The Morgan fingerprint density at radius 3 is 2.05 bits per heavy atom. The van der Waals surface area contributed by atoms with E-state index < -0.39 is 18.2 Å². The van der Waals surface area contributed by atoms with E-state index in [4.69, 9.17) is 11.6 Å². The van der Waals surface area contributed by atoms with Gasteiger partial charge in [-0.05, 0) is 43.3 Å². The van der Waals surface area contributed by atoms with Gasteiger partial charge >= 0.3 is 0 Å². The lowest BCUT2D eigenvalue weighted by atomic mass is 10.1. The summed E-state index contributed by atoms with van der Waals surface area (Å²) in [5.41, 5.74) is 5.17. The fraction of sp³-hybridized carbons (Fsp3) is 0.0645. The van der Waals surface area contributed by atoms with Crippen LogP contribution in [0.4, 0.5) is 17.1 Å². The Kier molecular flexibility index (Phi) is 7.70. The van der Waals surface area contributed by atoms with Crippen LogP contribution in [0.2, 0.25) is 5.02 Å². The Balaban J connectivity index is 1.58. The number of rotatable bonds is 7. The van der Waals surface area contributed by atoms with Crippen LogP contribution in [0.1, 0.15) is 16.8 Å². The minimum absolute atomic E-state index is 0.424. The second-order valence-electron chi connectivity index (χ2n) is 8.85. The zero-order chi connectivity index (χ0) is 27.2. The minimum Gasteiger partial charge on any atom is -0.326 e. The van der Waals surface area contributed by atoms with Crippen molar-refractivity contribution in [2.24, 2.45) is 10.2 Å². The van der Waals surface area contributed by atoms with Crippen molar-refractivity contribution in [1.29, 1.82) is 0 Å². The molecule has 0 aliphatic rings. The van der Waals surface area contributed by atoms with Crippen LogP contribution in [0.25, 0.3) is 22.5 Å². The summed E-state index contributed by atoms with van der Waals surface area (Å²) in [7, 11) is 0. The van der Waals surface area contributed by atoms with E-state index in [0.29, 0.717) is 33.5 Å². The van der Waals surface area contributed by atoms with Crippen LogP contribution in [-0.2, 0) is 4.79 Å². The lowest BCUT2D eigenvalue weighted by Crippen LogP contribution is -2.22. The van der Waals surface area contributed by atoms with E-state index in [0.717, 1.165) is 16.7 Å². The normalized spacial score (nSPS) is 11.0.